The molecule has 206 valence electrons. The van der Waals surface area contributed by atoms with E-state index in [1.807, 2.05) is 0 Å². The average molecular weight is 481 g/mol. The highest BCUT2D eigenvalue weighted by Gasteiger charge is 1.96. The van der Waals surface area contributed by atoms with E-state index < -0.39 is 0 Å². The van der Waals surface area contributed by atoms with Crippen LogP contribution in [0.4, 0.5) is 0 Å². The van der Waals surface area contributed by atoms with E-state index in [-0.39, 0.29) is 0 Å². The highest BCUT2D eigenvalue weighted by Crippen LogP contribution is 2.15. The van der Waals surface area contributed by atoms with Crippen molar-refractivity contribution in [3.63, 3.8) is 0 Å². The van der Waals surface area contributed by atoms with E-state index in [4.69, 9.17) is 4.74 Å². The van der Waals surface area contributed by atoms with E-state index >= 15 is 0 Å². The van der Waals surface area contributed by atoms with Gasteiger partial charge >= 0.3 is 0 Å². The van der Waals surface area contributed by atoms with Crippen LogP contribution in [0.5, 0.6) is 0 Å². The molecule has 0 aromatic rings. The van der Waals surface area contributed by atoms with Crippen molar-refractivity contribution in [3.05, 3.63) is 0 Å². The monoisotopic (exact) mass is 481 g/mol. The fraction of sp³-hybridized carbons (Fsp3) is 1.00. The van der Waals surface area contributed by atoms with Gasteiger partial charge in [-0.1, -0.05) is 187 Å². The van der Waals surface area contributed by atoms with Crippen molar-refractivity contribution in [2.75, 3.05) is 13.2 Å². The highest BCUT2D eigenvalue weighted by molar-refractivity contribution is 4.51. The normalized spacial score (nSPS) is 11.5. The Morgan fingerprint density at radius 2 is 0.412 bits per heavy atom. The van der Waals surface area contributed by atoms with Gasteiger partial charge < -0.3 is 4.74 Å². The van der Waals surface area contributed by atoms with E-state index in [1.165, 1.54) is 186 Å². The second-order valence-electron chi connectivity index (χ2n) is 11.2. The van der Waals surface area contributed by atoms with Crippen LogP contribution in [0.2, 0.25) is 0 Å². The Hall–Kier alpha value is -0.0400. The quantitative estimate of drug-likeness (QED) is 0.0896. The third kappa shape index (κ3) is 32.0. The molecule has 0 radical (unpaired) electrons. The van der Waals surface area contributed by atoms with Crippen molar-refractivity contribution in [2.45, 2.75) is 200 Å². The lowest BCUT2D eigenvalue weighted by Gasteiger charge is -2.05. The van der Waals surface area contributed by atoms with Gasteiger partial charge in [-0.2, -0.15) is 0 Å². The second-order valence-corrected chi connectivity index (χ2v) is 11.2. The minimum Gasteiger partial charge on any atom is -0.381 e. The SMILES string of the molecule is CCCCCCCCCCCCCCCCCCCCCCCCOCCCCCCCCC. The molecule has 0 rings (SSSR count). The van der Waals surface area contributed by atoms with Gasteiger partial charge in [0.2, 0.25) is 0 Å². The summed E-state index contributed by atoms with van der Waals surface area (Å²) in [4.78, 5) is 0. The van der Waals surface area contributed by atoms with Gasteiger partial charge in [-0.3, -0.25) is 0 Å². The average Bonchev–Trinajstić information content (AvgIpc) is 2.85. The molecule has 0 aliphatic rings. The van der Waals surface area contributed by atoms with Crippen LogP contribution in [0.15, 0.2) is 0 Å². The Labute approximate surface area is 218 Å². The summed E-state index contributed by atoms with van der Waals surface area (Å²) in [6.07, 6.45) is 41.6. The Morgan fingerprint density at radius 1 is 0.235 bits per heavy atom. The molecule has 0 bridgehead atoms. The first kappa shape index (κ1) is 34.0. The molecule has 0 aromatic carbocycles. The summed E-state index contributed by atoms with van der Waals surface area (Å²) in [7, 11) is 0. The summed E-state index contributed by atoms with van der Waals surface area (Å²) in [5.41, 5.74) is 0. The molecule has 0 spiro atoms. The van der Waals surface area contributed by atoms with E-state index in [0.29, 0.717) is 0 Å². The summed E-state index contributed by atoms with van der Waals surface area (Å²) in [5.74, 6) is 0. The molecule has 0 amide bonds. The van der Waals surface area contributed by atoms with Crippen LogP contribution in [-0.2, 0) is 4.74 Å². The number of ether oxygens (including phenoxy) is 1. The number of hydrogen-bond donors (Lipinski definition) is 0. The molecule has 0 aliphatic carbocycles. The van der Waals surface area contributed by atoms with Crippen LogP contribution in [0, 0.1) is 0 Å². The maximum Gasteiger partial charge on any atom is 0.0466 e. The maximum atomic E-state index is 5.81. The van der Waals surface area contributed by atoms with Gasteiger partial charge in [-0.15, -0.1) is 0 Å². The van der Waals surface area contributed by atoms with Crippen LogP contribution >= 0.6 is 0 Å². The van der Waals surface area contributed by atoms with Crippen molar-refractivity contribution in [3.8, 4) is 0 Å². The smallest absolute Gasteiger partial charge is 0.0466 e. The third-order valence-electron chi connectivity index (χ3n) is 7.53. The van der Waals surface area contributed by atoms with Gasteiger partial charge in [0.1, 0.15) is 0 Å². The Balaban J connectivity index is 2.99. The van der Waals surface area contributed by atoms with E-state index in [0.717, 1.165) is 13.2 Å². The van der Waals surface area contributed by atoms with Crippen LogP contribution in [0.3, 0.4) is 0 Å². The first-order valence-corrected chi connectivity index (χ1v) is 16.5. The van der Waals surface area contributed by atoms with Gasteiger partial charge in [0.15, 0.2) is 0 Å². The van der Waals surface area contributed by atoms with Crippen LogP contribution < -0.4 is 0 Å². The van der Waals surface area contributed by atoms with Gasteiger partial charge in [-0.25, -0.2) is 0 Å². The number of unbranched alkanes of at least 4 members (excludes halogenated alkanes) is 27. The first-order chi connectivity index (χ1) is 16.9. The zero-order valence-corrected chi connectivity index (χ0v) is 24.3. The predicted octanol–water partition coefficient (Wildman–Crippen LogP) is 12.4. The lowest BCUT2D eigenvalue weighted by Crippen LogP contribution is -1.97. The van der Waals surface area contributed by atoms with Crippen LogP contribution in [-0.4, -0.2) is 13.2 Å². The fourth-order valence-electron chi connectivity index (χ4n) is 5.08. The minimum absolute atomic E-state index is 0.993. The summed E-state index contributed by atoms with van der Waals surface area (Å²) >= 11 is 0. The zero-order valence-electron chi connectivity index (χ0n) is 24.3. The molecule has 0 N–H and O–H groups in total. The fourth-order valence-corrected chi connectivity index (χ4v) is 5.08. The molecular weight excluding hydrogens is 412 g/mol. The molecule has 0 saturated heterocycles. The van der Waals surface area contributed by atoms with Gasteiger partial charge in [0.05, 0.1) is 0 Å². The molecule has 0 saturated carbocycles. The van der Waals surface area contributed by atoms with Gasteiger partial charge in [0.25, 0.3) is 0 Å². The lowest BCUT2D eigenvalue weighted by atomic mass is 10.0. The number of hydrogen-bond acceptors (Lipinski definition) is 1. The first-order valence-electron chi connectivity index (χ1n) is 16.5. The zero-order chi connectivity index (χ0) is 24.6. The van der Waals surface area contributed by atoms with E-state index in [2.05, 4.69) is 13.8 Å². The topological polar surface area (TPSA) is 9.23 Å². The Bertz CT molecular complexity index is 295. The summed E-state index contributed by atoms with van der Waals surface area (Å²) in [6.45, 7) is 6.58. The van der Waals surface area contributed by atoms with Crippen molar-refractivity contribution < 1.29 is 4.74 Å². The van der Waals surface area contributed by atoms with E-state index in [9.17, 15) is 0 Å². The molecule has 0 atom stereocenters. The Morgan fingerprint density at radius 3 is 0.618 bits per heavy atom. The lowest BCUT2D eigenvalue weighted by molar-refractivity contribution is 0.125. The maximum absolute atomic E-state index is 5.81. The summed E-state index contributed by atoms with van der Waals surface area (Å²) in [6, 6.07) is 0. The van der Waals surface area contributed by atoms with Crippen molar-refractivity contribution in [1.82, 2.24) is 0 Å². The van der Waals surface area contributed by atoms with Crippen LogP contribution in [0.1, 0.15) is 200 Å². The molecule has 1 nitrogen and oxygen atoms in total. The Kier molecular flexibility index (Phi) is 32.9. The minimum atomic E-state index is 0.993. The standard InChI is InChI=1S/C33H68O/c1-3-5-7-9-11-12-13-14-15-16-17-18-19-20-21-22-23-24-25-27-29-31-33-34-32-30-28-26-10-8-6-4-2/h3-33H2,1-2H3. The molecule has 0 aliphatic heterocycles. The second kappa shape index (κ2) is 33.0. The predicted molar refractivity (Wildman–Crippen MR) is 156 cm³/mol. The summed E-state index contributed by atoms with van der Waals surface area (Å²) in [5, 5.41) is 0. The van der Waals surface area contributed by atoms with Crippen molar-refractivity contribution in [1.29, 1.82) is 0 Å². The largest absolute Gasteiger partial charge is 0.381 e. The van der Waals surface area contributed by atoms with Crippen LogP contribution in [0.25, 0.3) is 0 Å². The van der Waals surface area contributed by atoms with Gasteiger partial charge in [-0.05, 0) is 12.8 Å². The molecule has 1 heteroatoms. The molecule has 0 fully saturated rings. The highest BCUT2D eigenvalue weighted by atomic mass is 16.5. The molecule has 0 unspecified atom stereocenters. The summed E-state index contributed by atoms with van der Waals surface area (Å²) < 4.78 is 5.81. The third-order valence-corrected chi connectivity index (χ3v) is 7.53. The van der Waals surface area contributed by atoms with Gasteiger partial charge in [0, 0.05) is 13.2 Å². The van der Waals surface area contributed by atoms with Crippen molar-refractivity contribution in [2.24, 2.45) is 0 Å². The van der Waals surface area contributed by atoms with E-state index in [1.54, 1.807) is 0 Å². The molecule has 0 aromatic heterocycles. The molecule has 0 heterocycles. The number of rotatable bonds is 31. The molecular formula is C33H68O. The molecule has 34 heavy (non-hydrogen) atoms. The van der Waals surface area contributed by atoms with Crippen molar-refractivity contribution >= 4 is 0 Å².